The predicted molar refractivity (Wildman–Crippen MR) is 82.7 cm³/mol. The zero-order chi connectivity index (χ0) is 15.4. The van der Waals surface area contributed by atoms with E-state index in [1.54, 1.807) is 12.1 Å². The van der Waals surface area contributed by atoms with E-state index in [-0.39, 0.29) is 17.7 Å². The number of methoxy groups -OCH3 is 1. The summed E-state index contributed by atoms with van der Waals surface area (Å²) in [6, 6.07) is 4.97. The van der Waals surface area contributed by atoms with E-state index in [0.717, 1.165) is 19.3 Å². The summed E-state index contributed by atoms with van der Waals surface area (Å²) in [7, 11) is 1.53. The molecule has 1 aromatic carbocycles. The molecule has 1 aromatic rings. The van der Waals surface area contributed by atoms with E-state index in [0.29, 0.717) is 23.1 Å². The molecular weight excluding hydrogens is 266 g/mol. The largest absolute Gasteiger partial charge is 0.507 e. The average molecular weight is 291 g/mol. The number of carbonyl (C=O) groups excluding carboxylic acids is 1. The lowest BCUT2D eigenvalue weighted by molar-refractivity contribution is 0.0886. The molecule has 0 spiro atoms. The van der Waals surface area contributed by atoms with Gasteiger partial charge in [-0.05, 0) is 36.8 Å². The second-order valence-corrected chi connectivity index (χ2v) is 6.16. The molecule has 2 unspecified atom stereocenters. The SMILES string of the molecule is COc1ccc(C(=O)NC2CCCCC2C(C)C)c(O)c1. The van der Waals surface area contributed by atoms with Gasteiger partial charge in [-0.1, -0.05) is 26.7 Å². The smallest absolute Gasteiger partial charge is 0.255 e. The number of rotatable bonds is 4. The number of hydrogen-bond donors (Lipinski definition) is 2. The van der Waals surface area contributed by atoms with Crippen molar-refractivity contribution in [3.63, 3.8) is 0 Å². The number of aromatic hydroxyl groups is 1. The molecule has 0 heterocycles. The second-order valence-electron chi connectivity index (χ2n) is 6.16. The zero-order valence-electron chi connectivity index (χ0n) is 13.1. The fourth-order valence-electron chi connectivity index (χ4n) is 3.21. The van der Waals surface area contributed by atoms with E-state index in [1.807, 2.05) is 0 Å². The van der Waals surface area contributed by atoms with Gasteiger partial charge in [-0.2, -0.15) is 0 Å². The molecule has 1 fully saturated rings. The molecule has 0 bridgehead atoms. The summed E-state index contributed by atoms with van der Waals surface area (Å²) in [5.74, 6) is 1.38. The maximum atomic E-state index is 12.4. The molecule has 0 saturated heterocycles. The van der Waals surface area contributed by atoms with E-state index >= 15 is 0 Å². The first-order chi connectivity index (χ1) is 10.0. The van der Waals surface area contributed by atoms with Crippen LogP contribution in [0.3, 0.4) is 0 Å². The molecule has 116 valence electrons. The van der Waals surface area contributed by atoms with Gasteiger partial charge in [-0.3, -0.25) is 4.79 Å². The molecule has 2 N–H and O–H groups in total. The summed E-state index contributed by atoms with van der Waals surface area (Å²) in [4.78, 5) is 12.4. The fraction of sp³-hybridized carbons (Fsp3) is 0.588. The van der Waals surface area contributed by atoms with Crippen LogP contribution in [0.1, 0.15) is 49.9 Å². The Balaban J connectivity index is 2.09. The van der Waals surface area contributed by atoms with Crippen LogP contribution in [0.4, 0.5) is 0 Å². The molecular formula is C17H25NO3. The van der Waals surface area contributed by atoms with Crippen LogP contribution in [0.2, 0.25) is 0 Å². The normalized spacial score (nSPS) is 22.1. The summed E-state index contributed by atoms with van der Waals surface area (Å²) < 4.78 is 5.04. The minimum absolute atomic E-state index is 0.0382. The number of phenolic OH excluding ortho intramolecular Hbond substituents is 1. The molecule has 4 nitrogen and oxygen atoms in total. The Kier molecular flexibility index (Phi) is 5.10. The molecule has 1 aliphatic carbocycles. The van der Waals surface area contributed by atoms with Gasteiger partial charge in [0.15, 0.2) is 0 Å². The number of phenols is 1. The van der Waals surface area contributed by atoms with Crippen molar-refractivity contribution in [1.29, 1.82) is 0 Å². The van der Waals surface area contributed by atoms with E-state index in [2.05, 4.69) is 19.2 Å². The van der Waals surface area contributed by atoms with Crippen LogP contribution >= 0.6 is 0 Å². The standard InChI is InChI=1S/C17H25NO3/c1-11(2)13-6-4-5-7-15(13)18-17(20)14-9-8-12(21-3)10-16(14)19/h8-11,13,15,19H,4-7H2,1-3H3,(H,18,20). The molecule has 1 saturated carbocycles. The highest BCUT2D eigenvalue weighted by Gasteiger charge is 2.29. The first-order valence-corrected chi connectivity index (χ1v) is 7.70. The van der Waals surface area contributed by atoms with Gasteiger partial charge < -0.3 is 15.2 Å². The van der Waals surface area contributed by atoms with Gasteiger partial charge in [-0.15, -0.1) is 0 Å². The van der Waals surface area contributed by atoms with Crippen molar-refractivity contribution < 1.29 is 14.6 Å². The molecule has 0 radical (unpaired) electrons. The Hall–Kier alpha value is -1.71. The number of amides is 1. The Bertz CT molecular complexity index is 499. The Morgan fingerprint density at radius 1 is 1.33 bits per heavy atom. The Morgan fingerprint density at radius 3 is 2.67 bits per heavy atom. The van der Waals surface area contributed by atoms with Crippen LogP contribution in [-0.2, 0) is 0 Å². The van der Waals surface area contributed by atoms with Gasteiger partial charge >= 0.3 is 0 Å². The zero-order valence-corrected chi connectivity index (χ0v) is 13.1. The molecule has 2 atom stereocenters. The minimum Gasteiger partial charge on any atom is -0.507 e. The van der Waals surface area contributed by atoms with Gasteiger partial charge in [-0.25, -0.2) is 0 Å². The van der Waals surface area contributed by atoms with Crippen molar-refractivity contribution in [3.05, 3.63) is 23.8 Å². The van der Waals surface area contributed by atoms with Crippen LogP contribution in [0, 0.1) is 11.8 Å². The number of hydrogen-bond acceptors (Lipinski definition) is 3. The first-order valence-electron chi connectivity index (χ1n) is 7.70. The average Bonchev–Trinajstić information content (AvgIpc) is 2.47. The van der Waals surface area contributed by atoms with E-state index in [4.69, 9.17) is 4.74 Å². The quantitative estimate of drug-likeness (QED) is 0.894. The summed E-state index contributed by atoms with van der Waals surface area (Å²) >= 11 is 0. The van der Waals surface area contributed by atoms with Gasteiger partial charge in [0, 0.05) is 12.1 Å². The van der Waals surface area contributed by atoms with Crippen molar-refractivity contribution in [3.8, 4) is 11.5 Å². The monoisotopic (exact) mass is 291 g/mol. The Labute approximate surface area is 126 Å². The first kappa shape index (κ1) is 15.7. The van der Waals surface area contributed by atoms with Crippen LogP contribution < -0.4 is 10.1 Å². The highest BCUT2D eigenvalue weighted by Crippen LogP contribution is 2.31. The van der Waals surface area contributed by atoms with Gasteiger partial charge in [0.05, 0.1) is 12.7 Å². The Morgan fingerprint density at radius 2 is 2.05 bits per heavy atom. The van der Waals surface area contributed by atoms with Crippen LogP contribution in [-0.4, -0.2) is 24.2 Å². The number of nitrogens with one attached hydrogen (secondary N) is 1. The van der Waals surface area contributed by atoms with Gasteiger partial charge in [0.1, 0.15) is 11.5 Å². The predicted octanol–water partition coefficient (Wildman–Crippen LogP) is 3.35. The molecule has 21 heavy (non-hydrogen) atoms. The lowest BCUT2D eigenvalue weighted by Gasteiger charge is -2.35. The number of ether oxygens (including phenoxy) is 1. The maximum Gasteiger partial charge on any atom is 0.255 e. The summed E-state index contributed by atoms with van der Waals surface area (Å²) in [6.45, 7) is 4.42. The summed E-state index contributed by atoms with van der Waals surface area (Å²) in [5.41, 5.74) is 0.309. The number of benzene rings is 1. The third kappa shape index (κ3) is 3.69. The van der Waals surface area contributed by atoms with Crippen molar-refractivity contribution in [2.45, 2.75) is 45.6 Å². The van der Waals surface area contributed by atoms with Crippen molar-refractivity contribution in [1.82, 2.24) is 5.32 Å². The molecule has 0 aromatic heterocycles. The maximum absolute atomic E-state index is 12.4. The molecule has 4 heteroatoms. The highest BCUT2D eigenvalue weighted by atomic mass is 16.5. The molecule has 0 aliphatic heterocycles. The van der Waals surface area contributed by atoms with Crippen molar-refractivity contribution in [2.24, 2.45) is 11.8 Å². The second kappa shape index (κ2) is 6.83. The van der Waals surface area contributed by atoms with Crippen LogP contribution in [0.5, 0.6) is 11.5 Å². The van der Waals surface area contributed by atoms with Gasteiger partial charge in [0.25, 0.3) is 5.91 Å². The van der Waals surface area contributed by atoms with E-state index < -0.39 is 0 Å². The van der Waals surface area contributed by atoms with Crippen molar-refractivity contribution >= 4 is 5.91 Å². The fourth-order valence-corrected chi connectivity index (χ4v) is 3.21. The minimum atomic E-state index is -0.201. The summed E-state index contributed by atoms with van der Waals surface area (Å²) in [5, 5.41) is 13.1. The topological polar surface area (TPSA) is 58.6 Å². The van der Waals surface area contributed by atoms with Crippen molar-refractivity contribution in [2.75, 3.05) is 7.11 Å². The number of carbonyl (C=O) groups is 1. The van der Waals surface area contributed by atoms with Crippen LogP contribution in [0.25, 0.3) is 0 Å². The third-order valence-electron chi connectivity index (χ3n) is 4.44. The van der Waals surface area contributed by atoms with E-state index in [9.17, 15) is 9.90 Å². The van der Waals surface area contributed by atoms with Gasteiger partial charge in [0.2, 0.25) is 0 Å². The lowest BCUT2D eigenvalue weighted by atomic mass is 9.78. The molecule has 1 amide bonds. The summed E-state index contributed by atoms with van der Waals surface area (Å²) in [6.07, 6.45) is 4.58. The molecule has 1 aliphatic rings. The molecule has 2 rings (SSSR count). The van der Waals surface area contributed by atoms with Crippen LogP contribution in [0.15, 0.2) is 18.2 Å². The van der Waals surface area contributed by atoms with E-state index in [1.165, 1.54) is 19.6 Å². The third-order valence-corrected chi connectivity index (χ3v) is 4.44. The lowest BCUT2D eigenvalue weighted by Crippen LogP contribution is -2.43. The highest BCUT2D eigenvalue weighted by molar-refractivity contribution is 5.97.